The highest BCUT2D eigenvalue weighted by Gasteiger charge is 2.30. The molecule has 0 bridgehead atoms. The van der Waals surface area contributed by atoms with E-state index < -0.39 is 97.5 Å². The maximum atomic E-state index is 13.1. The van der Waals surface area contributed by atoms with Gasteiger partial charge in [-0.25, -0.2) is 9.13 Å². The number of esters is 4. The predicted octanol–water partition coefficient (Wildman–Crippen LogP) is 24.4. The van der Waals surface area contributed by atoms with Gasteiger partial charge in [0.1, 0.15) is 19.3 Å². The second kappa shape index (κ2) is 73.9. The van der Waals surface area contributed by atoms with E-state index in [1.807, 2.05) is 0 Å². The Morgan fingerprint density at radius 2 is 0.460 bits per heavy atom. The first-order valence-electron chi connectivity index (χ1n) is 42.1. The fourth-order valence-electron chi connectivity index (χ4n) is 12.6. The number of ether oxygens (including phenoxy) is 4. The second-order valence-corrected chi connectivity index (χ2v) is 32.5. The van der Waals surface area contributed by atoms with E-state index in [4.69, 9.17) is 37.0 Å². The van der Waals surface area contributed by atoms with E-state index in [1.165, 1.54) is 244 Å². The summed E-state index contributed by atoms with van der Waals surface area (Å²) in [5.74, 6) is -1.29. The largest absolute Gasteiger partial charge is 0.472 e. The van der Waals surface area contributed by atoms with Gasteiger partial charge in [0, 0.05) is 25.7 Å². The Labute approximate surface area is 613 Å². The number of aliphatic hydroxyl groups is 1. The van der Waals surface area contributed by atoms with Crippen molar-refractivity contribution in [3.63, 3.8) is 0 Å². The summed E-state index contributed by atoms with van der Waals surface area (Å²) in [6.45, 7) is 7.32. The smallest absolute Gasteiger partial charge is 0.462 e. The van der Waals surface area contributed by atoms with Gasteiger partial charge in [0.05, 0.1) is 26.4 Å². The fourth-order valence-corrected chi connectivity index (χ4v) is 14.2. The third-order valence-electron chi connectivity index (χ3n) is 19.0. The van der Waals surface area contributed by atoms with Gasteiger partial charge in [-0.3, -0.25) is 37.3 Å². The van der Waals surface area contributed by atoms with Gasteiger partial charge in [-0.1, -0.05) is 381 Å². The lowest BCUT2D eigenvalue weighted by Gasteiger charge is -2.21. The Morgan fingerprint density at radius 3 is 0.680 bits per heavy atom. The van der Waals surface area contributed by atoms with Crippen LogP contribution in [0.2, 0.25) is 0 Å². The van der Waals surface area contributed by atoms with Gasteiger partial charge in [0.25, 0.3) is 0 Å². The summed E-state index contributed by atoms with van der Waals surface area (Å²) in [6.07, 6.45) is 65.5. The molecule has 0 aromatic heterocycles. The Morgan fingerprint density at radius 1 is 0.270 bits per heavy atom. The van der Waals surface area contributed by atoms with Crippen molar-refractivity contribution in [3.8, 4) is 0 Å². The molecule has 0 heterocycles. The fraction of sp³-hybridized carbons (Fsp3) is 0.951. The third-order valence-corrected chi connectivity index (χ3v) is 20.9. The number of carbonyl (C=O) groups excluding carboxylic acids is 4. The van der Waals surface area contributed by atoms with Gasteiger partial charge in [0.2, 0.25) is 0 Å². The van der Waals surface area contributed by atoms with Crippen molar-refractivity contribution in [2.75, 3.05) is 39.6 Å². The van der Waals surface area contributed by atoms with E-state index in [9.17, 15) is 43.2 Å². The van der Waals surface area contributed by atoms with E-state index >= 15 is 0 Å². The lowest BCUT2D eigenvalue weighted by atomic mass is 10.0. The van der Waals surface area contributed by atoms with Crippen LogP contribution < -0.4 is 0 Å². The number of rotatable bonds is 81. The zero-order valence-corrected chi connectivity index (χ0v) is 67.1. The average Bonchev–Trinajstić information content (AvgIpc) is 0.946. The number of phosphoric acid groups is 2. The topological polar surface area (TPSA) is 237 Å². The van der Waals surface area contributed by atoms with Gasteiger partial charge in [-0.15, -0.1) is 0 Å². The minimum absolute atomic E-state index is 0.107. The number of hydrogen-bond donors (Lipinski definition) is 3. The van der Waals surface area contributed by atoms with Crippen molar-refractivity contribution in [2.45, 2.75) is 451 Å². The number of carbonyl (C=O) groups is 4. The molecule has 100 heavy (non-hydrogen) atoms. The highest BCUT2D eigenvalue weighted by Crippen LogP contribution is 2.45. The summed E-state index contributed by atoms with van der Waals surface area (Å²) < 4.78 is 68.6. The molecule has 0 spiro atoms. The number of hydrogen-bond acceptors (Lipinski definition) is 15. The average molecular weight is 1470 g/mol. The molecule has 0 aliphatic carbocycles. The highest BCUT2D eigenvalue weighted by atomic mass is 31.2. The standard InChI is InChI=1S/C81H158O17P2/c1-6-9-12-15-18-20-22-24-25-26-27-28-32-35-38-42-45-50-55-60-65-79(84)92-71-77(98-81(86)67-62-57-52-47-43-39-36-33-30-29-31-34-37-40-44-49-53-58-63-74(4)5)73-96-100(89,90)94-69-75(82)68-93-99(87,88)95-72-76(70-91-78(83)64-59-54-48-17-14-11-8-3)97-80(85)66-61-56-51-46-41-23-21-19-16-13-10-7-2/h74-77,82H,6-73H2,1-5H3,(H,87,88)(H,89,90)/t75-,76+,77+/m0/s1. The quantitative estimate of drug-likeness (QED) is 0.0222. The molecule has 0 amide bonds. The number of aliphatic hydroxyl groups excluding tert-OH is 1. The molecule has 0 saturated carbocycles. The molecule has 2 unspecified atom stereocenters. The predicted molar refractivity (Wildman–Crippen MR) is 409 cm³/mol. The SMILES string of the molecule is CCCCCCCCCCCCCCCCCCCCCCC(=O)OC[C@H](COP(=O)(O)OC[C@@H](O)COP(=O)(O)OC[C@@H](COC(=O)CCCCCCCCC)OC(=O)CCCCCCCCCCCCCC)OC(=O)CCCCCCCCCCCCCCCCCCCCC(C)C. The van der Waals surface area contributed by atoms with Crippen LogP contribution in [0.15, 0.2) is 0 Å². The van der Waals surface area contributed by atoms with Crippen LogP contribution in [0, 0.1) is 5.92 Å². The van der Waals surface area contributed by atoms with Crippen LogP contribution in [-0.2, 0) is 65.4 Å². The van der Waals surface area contributed by atoms with Crippen molar-refractivity contribution in [3.05, 3.63) is 0 Å². The Bertz CT molecular complexity index is 1910. The first-order valence-corrected chi connectivity index (χ1v) is 45.1. The molecule has 0 radical (unpaired) electrons. The molecule has 0 aromatic rings. The minimum Gasteiger partial charge on any atom is -0.462 e. The van der Waals surface area contributed by atoms with E-state index in [-0.39, 0.29) is 25.7 Å². The Balaban J connectivity index is 5.15. The van der Waals surface area contributed by atoms with Gasteiger partial charge in [0.15, 0.2) is 12.2 Å². The lowest BCUT2D eigenvalue weighted by Crippen LogP contribution is -2.30. The summed E-state index contributed by atoms with van der Waals surface area (Å²) in [6, 6.07) is 0. The zero-order valence-electron chi connectivity index (χ0n) is 65.3. The normalized spacial score (nSPS) is 13.8. The third kappa shape index (κ3) is 74.3. The molecule has 0 fully saturated rings. The number of phosphoric ester groups is 2. The van der Waals surface area contributed by atoms with Gasteiger partial charge >= 0.3 is 39.5 Å². The van der Waals surface area contributed by atoms with E-state index in [1.54, 1.807) is 0 Å². The molecular formula is C81H158O17P2. The summed E-state index contributed by atoms with van der Waals surface area (Å²) in [4.78, 5) is 72.8. The van der Waals surface area contributed by atoms with E-state index in [0.29, 0.717) is 25.7 Å². The van der Waals surface area contributed by atoms with Crippen molar-refractivity contribution >= 4 is 39.5 Å². The van der Waals surface area contributed by atoms with Crippen LogP contribution in [0.4, 0.5) is 0 Å². The van der Waals surface area contributed by atoms with Crippen LogP contribution in [0.25, 0.3) is 0 Å². The Kier molecular flexibility index (Phi) is 72.5. The molecule has 17 nitrogen and oxygen atoms in total. The van der Waals surface area contributed by atoms with Crippen molar-refractivity contribution in [1.29, 1.82) is 0 Å². The van der Waals surface area contributed by atoms with Gasteiger partial charge in [-0.05, 0) is 31.6 Å². The van der Waals surface area contributed by atoms with Crippen LogP contribution in [0.1, 0.15) is 433 Å². The van der Waals surface area contributed by atoms with Gasteiger partial charge in [-0.2, -0.15) is 0 Å². The summed E-state index contributed by atoms with van der Waals surface area (Å²) in [5.41, 5.74) is 0. The minimum atomic E-state index is -4.96. The van der Waals surface area contributed by atoms with Crippen molar-refractivity contribution in [2.24, 2.45) is 5.92 Å². The van der Waals surface area contributed by atoms with Crippen LogP contribution in [0.5, 0.6) is 0 Å². The molecular weight excluding hydrogens is 1310 g/mol. The monoisotopic (exact) mass is 1470 g/mol. The number of unbranched alkanes of at least 4 members (excludes halogenated alkanes) is 53. The molecule has 3 N–H and O–H groups in total. The maximum absolute atomic E-state index is 13.1. The van der Waals surface area contributed by atoms with E-state index in [2.05, 4.69) is 34.6 Å². The van der Waals surface area contributed by atoms with Crippen molar-refractivity contribution < 1.29 is 80.2 Å². The first kappa shape index (κ1) is 98.1. The Hall–Kier alpha value is -1.94. The molecule has 594 valence electrons. The summed E-state index contributed by atoms with van der Waals surface area (Å²) >= 11 is 0. The second-order valence-electron chi connectivity index (χ2n) is 29.6. The zero-order chi connectivity index (χ0) is 73.4. The van der Waals surface area contributed by atoms with E-state index in [0.717, 1.165) is 109 Å². The van der Waals surface area contributed by atoms with Crippen LogP contribution >= 0.6 is 15.6 Å². The van der Waals surface area contributed by atoms with Crippen LogP contribution in [0.3, 0.4) is 0 Å². The van der Waals surface area contributed by atoms with Crippen molar-refractivity contribution in [1.82, 2.24) is 0 Å². The first-order chi connectivity index (χ1) is 48.5. The highest BCUT2D eigenvalue weighted by molar-refractivity contribution is 7.47. The summed E-state index contributed by atoms with van der Waals surface area (Å²) in [7, 11) is -9.91. The van der Waals surface area contributed by atoms with Gasteiger partial charge < -0.3 is 33.8 Å². The van der Waals surface area contributed by atoms with Crippen LogP contribution in [-0.4, -0.2) is 96.7 Å². The summed E-state index contributed by atoms with van der Waals surface area (Å²) in [5, 5.41) is 10.6. The molecule has 0 aliphatic heterocycles. The molecule has 5 atom stereocenters. The molecule has 0 saturated heterocycles. The molecule has 0 aromatic carbocycles. The molecule has 0 aliphatic rings. The maximum Gasteiger partial charge on any atom is 0.472 e. The molecule has 19 heteroatoms. The lowest BCUT2D eigenvalue weighted by molar-refractivity contribution is -0.161. The molecule has 0 rings (SSSR count).